The molecule has 0 aliphatic carbocycles. The first-order valence-corrected chi connectivity index (χ1v) is 6.54. The number of benzene rings is 1. The van der Waals surface area contributed by atoms with Crippen LogP contribution in [-0.2, 0) is 6.54 Å². The molecule has 17 heavy (non-hydrogen) atoms. The molecule has 1 aliphatic rings. The molecule has 3 nitrogen and oxygen atoms in total. The van der Waals surface area contributed by atoms with Gasteiger partial charge in [-0.1, -0.05) is 36.7 Å². The van der Waals surface area contributed by atoms with E-state index in [1.807, 2.05) is 12.1 Å². The molecular formula is C13H18BrNO2. The highest BCUT2D eigenvalue weighted by Gasteiger charge is 2.16. The first-order chi connectivity index (χ1) is 7.96. The number of halogens is 1. The zero-order valence-corrected chi connectivity index (χ0v) is 12.1. The monoisotopic (exact) mass is 299 g/mol. The fourth-order valence-corrected chi connectivity index (χ4v) is 2.13. The zero-order chi connectivity index (χ0) is 12.5. The lowest BCUT2D eigenvalue weighted by Gasteiger charge is -2.19. The van der Waals surface area contributed by atoms with Gasteiger partial charge in [0.05, 0.1) is 0 Å². The Morgan fingerprint density at radius 3 is 2.53 bits per heavy atom. The van der Waals surface area contributed by atoms with E-state index in [1.54, 1.807) is 0 Å². The van der Waals surface area contributed by atoms with Crippen LogP contribution in [0.1, 0.15) is 26.3 Å². The van der Waals surface area contributed by atoms with Gasteiger partial charge >= 0.3 is 0 Å². The van der Waals surface area contributed by atoms with Gasteiger partial charge in [0.2, 0.25) is 6.79 Å². The third-order valence-corrected chi connectivity index (χ3v) is 3.25. The van der Waals surface area contributed by atoms with E-state index >= 15 is 0 Å². The highest BCUT2D eigenvalue weighted by Crippen LogP contribution is 2.36. The second kappa shape index (κ2) is 4.86. The van der Waals surface area contributed by atoms with Crippen molar-refractivity contribution in [2.75, 3.05) is 13.3 Å². The Bertz CT molecular complexity index is 413. The molecule has 1 aliphatic heterocycles. The molecule has 0 aromatic heterocycles. The number of hydrogen-bond acceptors (Lipinski definition) is 3. The standard InChI is InChI=1S/C13H18BrNO2/c1-13(2,3)7-15-6-9-4-11-12(5-10(9)14)17-8-16-11/h4-5,15H,6-8H2,1-3H3. The summed E-state index contributed by atoms with van der Waals surface area (Å²) in [4.78, 5) is 0. The van der Waals surface area contributed by atoms with Crippen LogP contribution in [0.25, 0.3) is 0 Å². The smallest absolute Gasteiger partial charge is 0.231 e. The lowest BCUT2D eigenvalue weighted by Crippen LogP contribution is -2.26. The number of fused-ring (bicyclic) bond motifs is 1. The SMILES string of the molecule is CC(C)(C)CNCc1cc2c(cc1Br)OCO2. The Kier molecular flexibility index (Phi) is 3.64. The molecule has 0 radical (unpaired) electrons. The minimum Gasteiger partial charge on any atom is -0.454 e. The van der Waals surface area contributed by atoms with Crippen molar-refractivity contribution in [3.63, 3.8) is 0 Å². The highest BCUT2D eigenvalue weighted by atomic mass is 79.9. The van der Waals surface area contributed by atoms with Crippen molar-refractivity contribution < 1.29 is 9.47 Å². The Morgan fingerprint density at radius 2 is 1.88 bits per heavy atom. The van der Waals surface area contributed by atoms with Crippen molar-refractivity contribution in [2.24, 2.45) is 5.41 Å². The van der Waals surface area contributed by atoms with Gasteiger partial charge in [-0.15, -0.1) is 0 Å². The second-order valence-corrected chi connectivity index (χ2v) is 6.32. The molecule has 0 amide bonds. The fourth-order valence-electron chi connectivity index (χ4n) is 1.67. The Morgan fingerprint density at radius 1 is 1.24 bits per heavy atom. The summed E-state index contributed by atoms with van der Waals surface area (Å²) in [7, 11) is 0. The number of hydrogen-bond donors (Lipinski definition) is 1. The molecule has 0 bridgehead atoms. The van der Waals surface area contributed by atoms with Crippen molar-refractivity contribution in [2.45, 2.75) is 27.3 Å². The van der Waals surface area contributed by atoms with E-state index in [1.165, 1.54) is 5.56 Å². The van der Waals surface area contributed by atoms with E-state index in [0.717, 1.165) is 29.1 Å². The lowest BCUT2D eigenvalue weighted by molar-refractivity contribution is 0.174. The van der Waals surface area contributed by atoms with Crippen LogP contribution in [0.5, 0.6) is 11.5 Å². The molecule has 0 atom stereocenters. The minimum absolute atomic E-state index is 0.294. The van der Waals surface area contributed by atoms with Crippen molar-refractivity contribution in [1.29, 1.82) is 0 Å². The van der Waals surface area contributed by atoms with Crippen LogP contribution in [0.2, 0.25) is 0 Å². The third kappa shape index (κ3) is 3.36. The van der Waals surface area contributed by atoms with Crippen molar-refractivity contribution >= 4 is 15.9 Å². The van der Waals surface area contributed by atoms with E-state index in [2.05, 4.69) is 42.0 Å². The van der Waals surface area contributed by atoms with Gasteiger partial charge in [-0.25, -0.2) is 0 Å². The van der Waals surface area contributed by atoms with Gasteiger partial charge in [0.1, 0.15) is 0 Å². The van der Waals surface area contributed by atoms with Crippen LogP contribution < -0.4 is 14.8 Å². The summed E-state index contributed by atoms with van der Waals surface area (Å²) in [6, 6.07) is 4.00. The van der Waals surface area contributed by atoms with Crippen molar-refractivity contribution in [3.05, 3.63) is 22.2 Å². The van der Waals surface area contributed by atoms with E-state index in [9.17, 15) is 0 Å². The topological polar surface area (TPSA) is 30.5 Å². The summed E-state index contributed by atoms with van der Waals surface area (Å²) in [6.45, 7) is 8.78. The molecule has 1 aromatic rings. The lowest BCUT2D eigenvalue weighted by atomic mass is 9.97. The number of ether oxygens (including phenoxy) is 2. The maximum Gasteiger partial charge on any atom is 0.231 e. The molecule has 0 saturated carbocycles. The van der Waals surface area contributed by atoms with Crippen molar-refractivity contribution in [3.8, 4) is 11.5 Å². The third-order valence-electron chi connectivity index (χ3n) is 2.51. The molecule has 0 saturated heterocycles. The molecule has 2 rings (SSSR count). The van der Waals surface area contributed by atoms with Gasteiger partial charge in [0.15, 0.2) is 11.5 Å². The normalized spacial score (nSPS) is 14.1. The van der Waals surface area contributed by atoms with Gasteiger partial charge < -0.3 is 14.8 Å². The number of rotatable bonds is 3. The van der Waals surface area contributed by atoms with E-state index in [4.69, 9.17) is 9.47 Å². The summed E-state index contributed by atoms with van der Waals surface area (Å²) in [5, 5.41) is 3.45. The van der Waals surface area contributed by atoms with Gasteiger partial charge in [-0.3, -0.25) is 0 Å². The zero-order valence-electron chi connectivity index (χ0n) is 10.5. The molecule has 1 N–H and O–H groups in total. The average molecular weight is 300 g/mol. The summed E-state index contributed by atoms with van der Waals surface area (Å²) in [5.41, 5.74) is 1.49. The molecule has 1 heterocycles. The number of nitrogens with one attached hydrogen (secondary N) is 1. The van der Waals surface area contributed by atoms with Gasteiger partial charge in [-0.05, 0) is 23.1 Å². The molecule has 0 spiro atoms. The first-order valence-electron chi connectivity index (χ1n) is 5.74. The second-order valence-electron chi connectivity index (χ2n) is 5.46. The van der Waals surface area contributed by atoms with Gasteiger partial charge in [-0.2, -0.15) is 0 Å². The molecular weight excluding hydrogens is 282 g/mol. The Labute approximate surface area is 111 Å². The largest absolute Gasteiger partial charge is 0.454 e. The van der Waals surface area contributed by atoms with Crippen LogP contribution in [0.4, 0.5) is 0 Å². The summed E-state index contributed by atoms with van der Waals surface area (Å²) < 4.78 is 11.7. The Balaban J connectivity index is 2.02. The summed E-state index contributed by atoms with van der Waals surface area (Å²) in [6.07, 6.45) is 0. The predicted octanol–water partition coefficient (Wildman–Crippen LogP) is 3.31. The van der Waals surface area contributed by atoms with Crippen LogP contribution >= 0.6 is 15.9 Å². The van der Waals surface area contributed by atoms with Crippen LogP contribution in [-0.4, -0.2) is 13.3 Å². The Hall–Kier alpha value is -0.740. The molecule has 0 unspecified atom stereocenters. The predicted molar refractivity (Wildman–Crippen MR) is 71.4 cm³/mol. The van der Waals surface area contributed by atoms with E-state index in [-0.39, 0.29) is 0 Å². The summed E-state index contributed by atoms with van der Waals surface area (Å²) in [5.74, 6) is 1.65. The molecule has 1 aromatic carbocycles. The van der Waals surface area contributed by atoms with E-state index < -0.39 is 0 Å². The van der Waals surface area contributed by atoms with Gasteiger partial charge in [0.25, 0.3) is 0 Å². The molecule has 94 valence electrons. The van der Waals surface area contributed by atoms with Crippen LogP contribution in [0, 0.1) is 5.41 Å². The van der Waals surface area contributed by atoms with Crippen molar-refractivity contribution in [1.82, 2.24) is 5.32 Å². The van der Waals surface area contributed by atoms with E-state index in [0.29, 0.717) is 12.2 Å². The minimum atomic E-state index is 0.294. The molecule has 4 heteroatoms. The van der Waals surface area contributed by atoms with Gasteiger partial charge in [0, 0.05) is 17.6 Å². The first kappa shape index (κ1) is 12.7. The van der Waals surface area contributed by atoms with Crippen LogP contribution in [0.3, 0.4) is 0 Å². The maximum atomic E-state index is 5.37. The molecule has 0 fully saturated rings. The summed E-state index contributed by atoms with van der Waals surface area (Å²) >= 11 is 3.55. The fraction of sp³-hybridized carbons (Fsp3) is 0.538. The quantitative estimate of drug-likeness (QED) is 0.929. The van der Waals surface area contributed by atoms with Crippen LogP contribution in [0.15, 0.2) is 16.6 Å². The maximum absolute atomic E-state index is 5.37. The average Bonchev–Trinajstić information content (AvgIpc) is 2.63. The highest BCUT2D eigenvalue weighted by molar-refractivity contribution is 9.10.